The monoisotopic (exact) mass is 470 g/mol. The number of nitrogens with zero attached hydrogens (tertiary/aromatic N) is 2. The maximum Gasteiger partial charge on any atom is 0.102 e. The molecule has 17 heavy (non-hydrogen) atoms. The Bertz CT molecular complexity index is 189. The van der Waals surface area contributed by atoms with E-state index in [1.807, 2.05) is 0 Å². The van der Waals surface area contributed by atoms with E-state index in [0.29, 0.717) is 0 Å². The van der Waals surface area contributed by atoms with Gasteiger partial charge in [-0.2, -0.15) is 0 Å². The molecule has 0 unspecified atom stereocenters. The van der Waals surface area contributed by atoms with Gasteiger partial charge in [0, 0.05) is 12.8 Å². The van der Waals surface area contributed by atoms with Crippen LogP contribution in [-0.4, -0.2) is 76.5 Å². The van der Waals surface area contributed by atoms with Crippen molar-refractivity contribution in [3.63, 3.8) is 0 Å². The summed E-state index contributed by atoms with van der Waals surface area (Å²) >= 11 is 0. The SMILES string of the molecule is C[N+](C)(C)CCOCC[N+]1(C)CCCC1.[I-].[I-]. The minimum absolute atomic E-state index is 0. The van der Waals surface area contributed by atoms with Crippen molar-refractivity contribution in [3.8, 4) is 0 Å². The molecule has 0 aromatic rings. The van der Waals surface area contributed by atoms with Gasteiger partial charge in [0.05, 0.1) is 54.5 Å². The molecule has 0 aromatic heterocycles. The van der Waals surface area contributed by atoms with Crippen molar-refractivity contribution in [2.75, 3.05) is 67.6 Å². The Labute approximate surface area is 141 Å². The number of likely N-dealkylation sites (tertiary alicyclic amines) is 1. The zero-order valence-electron chi connectivity index (χ0n) is 11.7. The van der Waals surface area contributed by atoms with Gasteiger partial charge in [0.15, 0.2) is 0 Å². The second-order valence-corrected chi connectivity index (χ2v) is 6.12. The lowest BCUT2D eigenvalue weighted by Crippen LogP contribution is -3.00. The lowest BCUT2D eigenvalue weighted by molar-refractivity contribution is -0.898. The summed E-state index contributed by atoms with van der Waals surface area (Å²) in [6.45, 7) is 6.80. The number of rotatable bonds is 6. The van der Waals surface area contributed by atoms with E-state index < -0.39 is 0 Å². The highest BCUT2D eigenvalue weighted by Crippen LogP contribution is 2.15. The molecule has 0 amide bonds. The average Bonchev–Trinajstić information content (AvgIpc) is 2.50. The fourth-order valence-electron chi connectivity index (χ4n) is 2.05. The summed E-state index contributed by atoms with van der Waals surface area (Å²) in [5.74, 6) is 0. The van der Waals surface area contributed by atoms with E-state index in [1.54, 1.807) is 0 Å². The van der Waals surface area contributed by atoms with Crippen LogP contribution in [0.2, 0.25) is 0 Å². The van der Waals surface area contributed by atoms with Crippen LogP contribution in [0, 0.1) is 0 Å². The van der Waals surface area contributed by atoms with Gasteiger partial charge in [0.2, 0.25) is 0 Å². The van der Waals surface area contributed by atoms with Crippen molar-refractivity contribution >= 4 is 0 Å². The van der Waals surface area contributed by atoms with Crippen molar-refractivity contribution in [2.45, 2.75) is 12.8 Å². The summed E-state index contributed by atoms with van der Waals surface area (Å²) in [7, 11) is 8.98. The molecule has 1 aliphatic rings. The van der Waals surface area contributed by atoms with Crippen LogP contribution in [0.3, 0.4) is 0 Å². The topological polar surface area (TPSA) is 9.23 Å². The second-order valence-electron chi connectivity index (χ2n) is 6.12. The highest BCUT2D eigenvalue weighted by Gasteiger charge is 2.26. The van der Waals surface area contributed by atoms with Gasteiger partial charge in [0.25, 0.3) is 0 Å². The predicted octanol–water partition coefficient (Wildman–Crippen LogP) is -5.04. The molecule has 1 aliphatic heterocycles. The fraction of sp³-hybridized carbons (Fsp3) is 1.00. The predicted molar refractivity (Wildman–Crippen MR) is 63.7 cm³/mol. The third-order valence-electron chi connectivity index (χ3n) is 3.33. The third kappa shape index (κ3) is 9.86. The van der Waals surface area contributed by atoms with Gasteiger partial charge in [0.1, 0.15) is 13.1 Å². The Morgan fingerprint density at radius 2 is 1.53 bits per heavy atom. The molecule has 1 heterocycles. The minimum atomic E-state index is 0. The van der Waals surface area contributed by atoms with E-state index in [9.17, 15) is 0 Å². The van der Waals surface area contributed by atoms with Crippen molar-refractivity contribution < 1.29 is 61.7 Å². The molecule has 1 fully saturated rings. The lowest BCUT2D eigenvalue weighted by Gasteiger charge is -2.29. The summed E-state index contributed by atoms with van der Waals surface area (Å²) in [6.07, 6.45) is 2.80. The van der Waals surface area contributed by atoms with Crippen molar-refractivity contribution in [1.29, 1.82) is 0 Å². The Morgan fingerprint density at radius 3 is 2.00 bits per heavy atom. The van der Waals surface area contributed by atoms with Gasteiger partial charge in [-0.3, -0.25) is 0 Å². The molecule has 0 saturated carbocycles. The highest BCUT2D eigenvalue weighted by atomic mass is 127. The number of hydrogen-bond donors (Lipinski definition) is 0. The molecule has 1 saturated heterocycles. The molecule has 0 spiro atoms. The molecule has 0 aliphatic carbocycles. The summed E-state index contributed by atoms with van der Waals surface area (Å²) in [5.41, 5.74) is 0. The quantitative estimate of drug-likeness (QED) is 0.215. The summed E-state index contributed by atoms with van der Waals surface area (Å²) < 4.78 is 7.92. The van der Waals surface area contributed by atoms with Crippen molar-refractivity contribution in [1.82, 2.24) is 0 Å². The molecule has 0 N–H and O–H groups in total. The normalized spacial score (nSPS) is 18.4. The Hall–Kier alpha value is 1.34. The van der Waals surface area contributed by atoms with Crippen LogP contribution >= 0.6 is 0 Å². The van der Waals surface area contributed by atoms with Gasteiger partial charge in [-0.25, -0.2) is 0 Å². The Balaban J connectivity index is 0. The van der Waals surface area contributed by atoms with Crippen LogP contribution in [0.4, 0.5) is 0 Å². The fourth-order valence-corrected chi connectivity index (χ4v) is 2.05. The summed E-state index contributed by atoms with van der Waals surface area (Å²) in [6, 6.07) is 0. The smallest absolute Gasteiger partial charge is 0.102 e. The number of ether oxygens (including phenoxy) is 1. The Kier molecular flexibility index (Phi) is 11.3. The zero-order chi connectivity index (χ0) is 11.4. The Morgan fingerprint density at radius 1 is 1.00 bits per heavy atom. The van der Waals surface area contributed by atoms with Crippen molar-refractivity contribution in [2.24, 2.45) is 0 Å². The number of hydrogen-bond acceptors (Lipinski definition) is 1. The molecule has 5 heteroatoms. The van der Waals surface area contributed by atoms with Crippen molar-refractivity contribution in [3.05, 3.63) is 0 Å². The standard InChI is InChI=1S/C12H28N2O.2HI/c1-13(2,3)9-11-15-12-10-14(4)7-5-6-8-14;;/h5-12H2,1-4H3;2*1H/q+2;;/p-2. The first-order valence-corrected chi connectivity index (χ1v) is 6.13. The molecule has 0 radical (unpaired) electrons. The van der Waals surface area contributed by atoms with Crippen LogP contribution in [0.1, 0.15) is 12.8 Å². The van der Waals surface area contributed by atoms with E-state index in [0.717, 1.165) is 24.2 Å². The lowest BCUT2D eigenvalue weighted by atomic mass is 10.4. The van der Waals surface area contributed by atoms with E-state index in [1.165, 1.54) is 37.0 Å². The molecule has 0 atom stereocenters. The van der Waals surface area contributed by atoms with Gasteiger partial charge in [-0.1, -0.05) is 0 Å². The van der Waals surface area contributed by atoms with Crippen LogP contribution in [0.15, 0.2) is 0 Å². The van der Waals surface area contributed by atoms with E-state index in [-0.39, 0.29) is 48.0 Å². The average molecular weight is 470 g/mol. The first-order valence-electron chi connectivity index (χ1n) is 6.13. The first kappa shape index (κ1) is 20.7. The number of likely N-dealkylation sites (N-methyl/N-ethyl adjacent to an activating group) is 2. The highest BCUT2D eigenvalue weighted by molar-refractivity contribution is 4.51. The maximum absolute atomic E-state index is 5.71. The number of halogens is 2. The van der Waals surface area contributed by atoms with Crippen LogP contribution in [-0.2, 0) is 4.74 Å². The van der Waals surface area contributed by atoms with Crippen LogP contribution < -0.4 is 48.0 Å². The third-order valence-corrected chi connectivity index (χ3v) is 3.33. The minimum Gasteiger partial charge on any atom is -1.00 e. The van der Waals surface area contributed by atoms with E-state index >= 15 is 0 Å². The second kappa shape index (κ2) is 9.28. The van der Waals surface area contributed by atoms with Gasteiger partial charge < -0.3 is 61.7 Å². The zero-order valence-corrected chi connectivity index (χ0v) is 16.0. The molecule has 106 valence electrons. The van der Waals surface area contributed by atoms with Crippen LogP contribution in [0.25, 0.3) is 0 Å². The molecule has 0 bridgehead atoms. The molecular weight excluding hydrogens is 442 g/mol. The van der Waals surface area contributed by atoms with Gasteiger partial charge in [-0.15, -0.1) is 0 Å². The molecule has 1 rings (SSSR count). The largest absolute Gasteiger partial charge is 1.00 e. The van der Waals surface area contributed by atoms with Gasteiger partial charge in [-0.05, 0) is 0 Å². The van der Waals surface area contributed by atoms with Crippen LogP contribution in [0.5, 0.6) is 0 Å². The summed E-state index contributed by atoms with van der Waals surface area (Å²) in [5, 5.41) is 0. The van der Waals surface area contributed by atoms with E-state index in [4.69, 9.17) is 4.74 Å². The molecular formula is C12H28I2N2O. The summed E-state index contributed by atoms with van der Waals surface area (Å²) in [4.78, 5) is 0. The maximum atomic E-state index is 5.71. The first-order chi connectivity index (χ1) is 6.91. The number of quaternary nitrogens is 2. The van der Waals surface area contributed by atoms with E-state index in [2.05, 4.69) is 28.2 Å². The molecule has 0 aromatic carbocycles. The van der Waals surface area contributed by atoms with Gasteiger partial charge >= 0.3 is 0 Å². The molecule has 3 nitrogen and oxygen atoms in total.